The van der Waals surface area contributed by atoms with E-state index in [4.69, 9.17) is 0 Å². The molecule has 24 heavy (non-hydrogen) atoms. The number of non-ortho nitro benzene ring substituents is 1. The average molecular weight is 341 g/mol. The highest BCUT2D eigenvalue weighted by molar-refractivity contribution is 5.57. The first-order chi connectivity index (χ1) is 11.1. The molecule has 0 unspecified atom stereocenters. The number of nitro groups is 1. The van der Waals surface area contributed by atoms with Crippen molar-refractivity contribution in [2.45, 2.75) is 26.6 Å². The van der Waals surface area contributed by atoms with Gasteiger partial charge >= 0.3 is 6.18 Å². The largest absolute Gasteiger partial charge is 0.418 e. The third kappa shape index (κ3) is 3.73. The van der Waals surface area contributed by atoms with Crippen LogP contribution in [0, 0.1) is 24.0 Å². The summed E-state index contributed by atoms with van der Waals surface area (Å²) < 4.78 is 39.3. The van der Waals surface area contributed by atoms with Crippen LogP contribution in [0.4, 0.5) is 24.5 Å². The Hall–Kier alpha value is -2.84. The number of H-pyrrole nitrogens is 1. The molecule has 2 N–H and O–H groups in total. The molecule has 0 aliphatic heterocycles. The summed E-state index contributed by atoms with van der Waals surface area (Å²) in [6, 6.07) is 4.13. The topological polar surface area (TPSA) is 88.0 Å². The lowest BCUT2D eigenvalue weighted by Gasteiger charge is -2.15. The van der Waals surface area contributed by atoms with Gasteiger partial charge in [-0.2, -0.15) is 13.2 Å². The number of hydrogen-bond acceptors (Lipinski definition) is 4. The van der Waals surface area contributed by atoms with Crippen LogP contribution in [0.3, 0.4) is 0 Å². The van der Waals surface area contributed by atoms with E-state index >= 15 is 0 Å². The molecule has 2 rings (SSSR count). The molecule has 0 atom stereocenters. The summed E-state index contributed by atoms with van der Waals surface area (Å²) in [5.41, 5.74) is -0.947. The number of aromatic nitrogens is 1. The maximum atomic E-state index is 13.1. The molecule has 0 saturated heterocycles. The highest BCUT2D eigenvalue weighted by Crippen LogP contribution is 2.37. The van der Waals surface area contributed by atoms with Crippen LogP contribution in [0.1, 0.15) is 22.4 Å². The Bertz CT molecular complexity index is 844. The number of benzene rings is 1. The van der Waals surface area contributed by atoms with E-state index in [1.165, 1.54) is 0 Å². The molecular weight excluding hydrogens is 327 g/mol. The molecule has 0 spiro atoms. The molecule has 1 aromatic carbocycles. The Balaban J connectivity index is 2.37. The monoisotopic (exact) mass is 341 g/mol. The predicted molar refractivity (Wildman–Crippen MR) is 82.0 cm³/mol. The third-order valence-electron chi connectivity index (χ3n) is 3.47. The molecule has 128 valence electrons. The van der Waals surface area contributed by atoms with E-state index in [0.29, 0.717) is 22.9 Å². The maximum absolute atomic E-state index is 13.1. The lowest BCUT2D eigenvalue weighted by Crippen LogP contribution is -2.19. The number of alkyl halides is 3. The van der Waals surface area contributed by atoms with Crippen LogP contribution in [-0.4, -0.2) is 9.91 Å². The van der Waals surface area contributed by atoms with Gasteiger partial charge in [0.25, 0.3) is 11.2 Å². The van der Waals surface area contributed by atoms with E-state index in [9.17, 15) is 28.1 Å². The zero-order valence-electron chi connectivity index (χ0n) is 12.8. The normalized spacial score (nSPS) is 11.4. The first-order valence-corrected chi connectivity index (χ1v) is 6.88. The zero-order chi connectivity index (χ0) is 18.1. The molecular formula is C15H14F3N3O3. The van der Waals surface area contributed by atoms with Gasteiger partial charge in [0.05, 0.1) is 10.5 Å². The molecule has 0 bridgehead atoms. The van der Waals surface area contributed by atoms with Crippen molar-refractivity contribution in [2.75, 3.05) is 5.32 Å². The SMILES string of the molecule is Cc1cc(C)c(CNc2ccc([N+](=O)[O-])cc2C(F)(F)F)c(=O)[nH]1. The number of halogens is 3. The summed E-state index contributed by atoms with van der Waals surface area (Å²) in [5.74, 6) is 0. The Labute approximate surface area is 134 Å². The number of anilines is 1. The van der Waals surface area contributed by atoms with E-state index in [-0.39, 0.29) is 12.2 Å². The van der Waals surface area contributed by atoms with Crippen molar-refractivity contribution in [1.29, 1.82) is 0 Å². The van der Waals surface area contributed by atoms with Gasteiger partial charge in [-0.25, -0.2) is 0 Å². The molecule has 0 aliphatic rings. The lowest BCUT2D eigenvalue weighted by atomic mass is 10.1. The summed E-state index contributed by atoms with van der Waals surface area (Å²) in [7, 11) is 0. The van der Waals surface area contributed by atoms with E-state index < -0.39 is 27.9 Å². The molecule has 2 aromatic rings. The lowest BCUT2D eigenvalue weighted by molar-refractivity contribution is -0.385. The number of aromatic amines is 1. The van der Waals surface area contributed by atoms with Gasteiger partial charge in [-0.05, 0) is 31.5 Å². The highest BCUT2D eigenvalue weighted by atomic mass is 19.4. The molecule has 1 heterocycles. The summed E-state index contributed by atoms with van der Waals surface area (Å²) in [4.78, 5) is 24.2. The van der Waals surface area contributed by atoms with Gasteiger partial charge in [0, 0.05) is 35.6 Å². The van der Waals surface area contributed by atoms with Crippen LogP contribution in [-0.2, 0) is 12.7 Å². The molecule has 1 aromatic heterocycles. The summed E-state index contributed by atoms with van der Waals surface area (Å²) >= 11 is 0. The fraction of sp³-hybridized carbons (Fsp3) is 0.267. The van der Waals surface area contributed by atoms with Gasteiger partial charge in [-0.3, -0.25) is 14.9 Å². The molecule has 0 amide bonds. The number of nitrogens with zero attached hydrogens (tertiary/aromatic N) is 1. The summed E-state index contributed by atoms with van der Waals surface area (Å²) in [6.07, 6.45) is -4.76. The zero-order valence-corrected chi connectivity index (χ0v) is 12.8. The molecule has 0 aliphatic carbocycles. The number of aryl methyl sites for hydroxylation is 2. The van der Waals surface area contributed by atoms with Gasteiger partial charge in [0.1, 0.15) is 0 Å². The Morgan fingerprint density at radius 3 is 2.46 bits per heavy atom. The van der Waals surface area contributed by atoms with Gasteiger partial charge in [0.15, 0.2) is 0 Å². The third-order valence-corrected chi connectivity index (χ3v) is 3.47. The van der Waals surface area contributed by atoms with Crippen molar-refractivity contribution in [1.82, 2.24) is 4.98 Å². The van der Waals surface area contributed by atoms with Gasteiger partial charge in [-0.1, -0.05) is 0 Å². The van der Waals surface area contributed by atoms with E-state index in [2.05, 4.69) is 10.3 Å². The van der Waals surface area contributed by atoms with E-state index in [1.54, 1.807) is 19.9 Å². The van der Waals surface area contributed by atoms with Crippen LogP contribution in [0.5, 0.6) is 0 Å². The first kappa shape index (κ1) is 17.5. The number of hydrogen-bond donors (Lipinski definition) is 2. The number of nitrogens with one attached hydrogen (secondary N) is 2. The minimum atomic E-state index is -4.76. The second-order valence-electron chi connectivity index (χ2n) is 5.28. The molecule has 9 heteroatoms. The smallest absolute Gasteiger partial charge is 0.380 e. The quantitative estimate of drug-likeness (QED) is 0.658. The fourth-order valence-corrected chi connectivity index (χ4v) is 2.32. The maximum Gasteiger partial charge on any atom is 0.418 e. The second-order valence-corrected chi connectivity index (χ2v) is 5.28. The van der Waals surface area contributed by atoms with E-state index in [1.807, 2.05) is 0 Å². The van der Waals surface area contributed by atoms with Gasteiger partial charge in [-0.15, -0.1) is 0 Å². The van der Waals surface area contributed by atoms with Gasteiger partial charge in [0.2, 0.25) is 0 Å². The summed E-state index contributed by atoms with van der Waals surface area (Å²) in [5, 5.41) is 13.2. The number of nitro benzene ring substituents is 1. The minimum Gasteiger partial charge on any atom is -0.380 e. The predicted octanol–water partition coefficient (Wildman–Crippen LogP) is 3.53. The van der Waals surface area contributed by atoms with Crippen molar-refractivity contribution in [3.63, 3.8) is 0 Å². The van der Waals surface area contributed by atoms with Crippen molar-refractivity contribution in [2.24, 2.45) is 0 Å². The van der Waals surface area contributed by atoms with Gasteiger partial charge < -0.3 is 10.3 Å². The fourth-order valence-electron chi connectivity index (χ4n) is 2.32. The van der Waals surface area contributed by atoms with E-state index in [0.717, 1.165) is 12.1 Å². The standard InChI is InChI=1S/C15H14F3N3O3/c1-8-5-9(2)20-14(22)11(8)7-19-13-4-3-10(21(23)24)6-12(13)15(16,17)18/h3-6,19H,7H2,1-2H3,(H,20,22). The van der Waals surface area contributed by atoms with Crippen molar-refractivity contribution >= 4 is 11.4 Å². The molecule has 6 nitrogen and oxygen atoms in total. The second kappa shape index (κ2) is 6.34. The van der Waals surface area contributed by atoms with Crippen molar-refractivity contribution in [3.05, 3.63) is 67.1 Å². The molecule has 0 fully saturated rings. The van der Waals surface area contributed by atoms with Crippen LogP contribution in [0.2, 0.25) is 0 Å². The molecule has 0 saturated carbocycles. The summed E-state index contributed by atoms with van der Waals surface area (Å²) in [6.45, 7) is 3.24. The Morgan fingerprint density at radius 1 is 1.25 bits per heavy atom. The number of pyridine rings is 1. The highest BCUT2D eigenvalue weighted by Gasteiger charge is 2.35. The minimum absolute atomic E-state index is 0.137. The van der Waals surface area contributed by atoms with Crippen LogP contribution >= 0.6 is 0 Å². The number of rotatable bonds is 4. The van der Waals surface area contributed by atoms with Crippen molar-refractivity contribution in [3.8, 4) is 0 Å². The molecule has 0 radical (unpaired) electrons. The Morgan fingerprint density at radius 2 is 1.92 bits per heavy atom. The first-order valence-electron chi connectivity index (χ1n) is 6.88. The van der Waals surface area contributed by atoms with Crippen LogP contribution in [0.15, 0.2) is 29.1 Å². The van der Waals surface area contributed by atoms with Crippen molar-refractivity contribution < 1.29 is 18.1 Å². The average Bonchev–Trinajstić information content (AvgIpc) is 2.44. The van der Waals surface area contributed by atoms with Crippen LogP contribution in [0.25, 0.3) is 0 Å². The Kier molecular flexibility index (Phi) is 4.63. The van der Waals surface area contributed by atoms with Crippen LogP contribution < -0.4 is 10.9 Å².